The third-order valence-corrected chi connectivity index (χ3v) is 12.0. The third kappa shape index (κ3) is 13.6. The molecule has 16 heteroatoms. The minimum atomic E-state index is -5.30. The number of rotatable bonds is 20. The van der Waals surface area contributed by atoms with Gasteiger partial charge in [-0.15, -0.1) is 0 Å². The number of halogens is 3. The molecule has 2 fully saturated rings. The highest BCUT2D eigenvalue weighted by molar-refractivity contribution is 5.91. The Balaban J connectivity index is 1.22. The van der Waals surface area contributed by atoms with E-state index < -0.39 is 91.9 Å². The van der Waals surface area contributed by atoms with Gasteiger partial charge in [-0.3, -0.25) is 0 Å². The Hall–Kier alpha value is -6.76. The second-order valence-electron chi connectivity index (χ2n) is 16.9. The SMILES string of the molecule is COC1OC(COCc2ccccc2)C(O[C@H]2O[C@H](COC(=O)c3ccccc3)[C@@H](OC(=O)c3ccccc3)[C@H](OC(=O)c3ccccc3)[C@@H]2C(F)(F)F)C(OCc2ccccc2)C1OCc1ccccc1. The predicted molar refractivity (Wildman–Crippen MR) is 253 cm³/mol. The van der Waals surface area contributed by atoms with E-state index in [1.54, 1.807) is 30.3 Å². The van der Waals surface area contributed by atoms with Crippen LogP contribution in [-0.2, 0) is 67.2 Å². The molecule has 0 amide bonds. The van der Waals surface area contributed by atoms with E-state index in [0.717, 1.165) is 11.1 Å². The molecule has 0 N–H and O–H groups in total. The lowest BCUT2D eigenvalue weighted by Gasteiger charge is -2.50. The second kappa shape index (κ2) is 25.1. The number of ether oxygens (including phenoxy) is 10. The monoisotopic (exact) mass is 990 g/mol. The summed E-state index contributed by atoms with van der Waals surface area (Å²) in [5, 5.41) is 0. The van der Waals surface area contributed by atoms with E-state index in [1.807, 2.05) is 91.0 Å². The summed E-state index contributed by atoms with van der Waals surface area (Å²) in [5.41, 5.74) is 2.27. The zero-order chi connectivity index (χ0) is 50.3. The first kappa shape index (κ1) is 51.6. The first-order chi connectivity index (χ1) is 35.1. The number of hydrogen-bond donors (Lipinski definition) is 0. The van der Waals surface area contributed by atoms with Crippen LogP contribution in [0, 0.1) is 5.92 Å². The van der Waals surface area contributed by atoms with Crippen molar-refractivity contribution in [3.63, 3.8) is 0 Å². The van der Waals surface area contributed by atoms with E-state index in [1.165, 1.54) is 67.8 Å². The zero-order valence-electron chi connectivity index (χ0n) is 39.1. The Bertz CT molecular complexity index is 2600. The summed E-state index contributed by atoms with van der Waals surface area (Å²) in [4.78, 5) is 41.4. The maximum Gasteiger partial charge on any atom is 0.400 e. The molecule has 6 aromatic rings. The standard InChI is InChI=1S/C56H53F3O13/c1-63-55-50(66-34-39-24-12-4-13-25-39)49(65-33-38-22-10-3-11-23-38)47(43(69-55)35-64-32-37-20-8-2-9-21-37)72-54-45(56(57,58)59)48(71-53(62)42-30-18-7-19-31-42)46(70-52(61)41-28-16-6-17-29-41)44(68-54)36-67-51(60)40-26-14-5-15-27-40/h2-31,43-50,54-55H,32-36H2,1H3/t43?,44-,45+,46-,47?,48-,49?,50?,54-,55?/m1/s1. The summed E-state index contributed by atoms with van der Waals surface area (Å²) in [7, 11) is 1.40. The Morgan fingerprint density at radius 3 is 1.33 bits per heavy atom. The lowest BCUT2D eigenvalue weighted by atomic mass is 9.89. The normalized spacial score (nSPS) is 24.2. The van der Waals surface area contributed by atoms with Crippen LogP contribution in [0.1, 0.15) is 47.8 Å². The molecule has 6 aromatic carbocycles. The molecule has 0 aromatic heterocycles. The van der Waals surface area contributed by atoms with E-state index in [9.17, 15) is 14.4 Å². The van der Waals surface area contributed by atoms with Crippen molar-refractivity contribution in [3.8, 4) is 0 Å². The molecule has 5 unspecified atom stereocenters. The molecule has 10 atom stereocenters. The molecule has 72 heavy (non-hydrogen) atoms. The largest absolute Gasteiger partial charge is 0.459 e. The maximum absolute atomic E-state index is 16.3. The fourth-order valence-electron chi connectivity index (χ4n) is 8.41. The minimum absolute atomic E-state index is 0.00769. The topological polar surface area (TPSA) is 144 Å². The Kier molecular flexibility index (Phi) is 18.0. The van der Waals surface area contributed by atoms with Crippen LogP contribution in [0.15, 0.2) is 182 Å². The molecule has 2 heterocycles. The van der Waals surface area contributed by atoms with Crippen LogP contribution < -0.4 is 0 Å². The van der Waals surface area contributed by atoms with E-state index in [2.05, 4.69) is 0 Å². The van der Waals surface area contributed by atoms with E-state index in [4.69, 9.17) is 47.4 Å². The minimum Gasteiger partial charge on any atom is -0.459 e. The van der Waals surface area contributed by atoms with Crippen molar-refractivity contribution in [1.29, 1.82) is 0 Å². The Morgan fingerprint density at radius 2 is 0.861 bits per heavy atom. The molecular formula is C56H53F3O13. The molecule has 2 aliphatic rings. The van der Waals surface area contributed by atoms with E-state index in [0.29, 0.717) is 5.56 Å². The van der Waals surface area contributed by atoms with Gasteiger partial charge in [0.25, 0.3) is 0 Å². The van der Waals surface area contributed by atoms with Gasteiger partial charge in [-0.05, 0) is 53.1 Å². The quantitative estimate of drug-likeness (QED) is 0.0530. The fraction of sp³-hybridized carbons (Fsp3) is 0.304. The van der Waals surface area contributed by atoms with Crippen molar-refractivity contribution in [2.24, 2.45) is 5.92 Å². The first-order valence-electron chi connectivity index (χ1n) is 23.3. The van der Waals surface area contributed by atoms with Crippen LogP contribution in [0.2, 0.25) is 0 Å². The van der Waals surface area contributed by atoms with Crippen LogP contribution >= 0.6 is 0 Å². The van der Waals surface area contributed by atoms with Gasteiger partial charge in [0.15, 0.2) is 24.8 Å². The molecule has 0 bridgehead atoms. The molecule has 376 valence electrons. The Morgan fingerprint density at radius 1 is 0.458 bits per heavy atom. The summed E-state index contributed by atoms with van der Waals surface area (Å²) in [6, 6.07) is 50.2. The molecule has 0 saturated carbocycles. The first-order valence-corrected chi connectivity index (χ1v) is 23.3. The van der Waals surface area contributed by atoms with Gasteiger partial charge in [-0.1, -0.05) is 146 Å². The summed E-state index contributed by atoms with van der Waals surface area (Å²) in [6.45, 7) is -1.03. The average molecular weight is 991 g/mol. The van der Waals surface area contributed by atoms with Gasteiger partial charge in [0.1, 0.15) is 43.0 Å². The predicted octanol–water partition coefficient (Wildman–Crippen LogP) is 9.34. The number of carbonyl (C=O) groups excluding carboxylic acids is 3. The molecular weight excluding hydrogens is 938 g/mol. The zero-order valence-corrected chi connectivity index (χ0v) is 39.1. The Labute approximate surface area is 414 Å². The van der Waals surface area contributed by atoms with Crippen molar-refractivity contribution in [2.75, 3.05) is 20.3 Å². The third-order valence-electron chi connectivity index (χ3n) is 12.0. The maximum atomic E-state index is 16.3. The molecule has 0 aliphatic carbocycles. The molecule has 2 saturated heterocycles. The van der Waals surface area contributed by atoms with Crippen molar-refractivity contribution in [1.82, 2.24) is 0 Å². The summed E-state index contributed by atoms with van der Waals surface area (Å²) in [6.07, 6.45) is -20.2. The van der Waals surface area contributed by atoms with Crippen molar-refractivity contribution >= 4 is 17.9 Å². The van der Waals surface area contributed by atoms with Gasteiger partial charge in [0.05, 0.1) is 43.1 Å². The molecule has 8 rings (SSSR count). The highest BCUT2D eigenvalue weighted by atomic mass is 19.4. The lowest BCUT2D eigenvalue weighted by Crippen LogP contribution is -2.66. The van der Waals surface area contributed by atoms with Crippen molar-refractivity contribution in [2.45, 2.75) is 81.3 Å². The molecule has 0 radical (unpaired) electrons. The van der Waals surface area contributed by atoms with Crippen molar-refractivity contribution < 1.29 is 74.9 Å². The fourth-order valence-corrected chi connectivity index (χ4v) is 8.41. The highest BCUT2D eigenvalue weighted by Crippen LogP contribution is 2.44. The van der Waals surface area contributed by atoms with Crippen LogP contribution in [0.5, 0.6) is 0 Å². The van der Waals surface area contributed by atoms with Crippen LogP contribution in [0.4, 0.5) is 13.2 Å². The van der Waals surface area contributed by atoms with Crippen LogP contribution in [-0.4, -0.2) is 99.7 Å². The number of carbonyl (C=O) groups is 3. The van der Waals surface area contributed by atoms with Gasteiger partial charge in [0.2, 0.25) is 0 Å². The van der Waals surface area contributed by atoms with Gasteiger partial charge in [0, 0.05) is 7.11 Å². The van der Waals surface area contributed by atoms with Gasteiger partial charge in [-0.2, -0.15) is 13.2 Å². The van der Waals surface area contributed by atoms with E-state index in [-0.39, 0.29) is 43.1 Å². The second-order valence-corrected chi connectivity index (χ2v) is 16.9. The summed E-state index contributed by atoms with van der Waals surface area (Å²) in [5.74, 6) is -5.98. The van der Waals surface area contributed by atoms with Crippen LogP contribution in [0.3, 0.4) is 0 Å². The van der Waals surface area contributed by atoms with Crippen molar-refractivity contribution in [3.05, 3.63) is 215 Å². The molecule has 2 aliphatic heterocycles. The number of methoxy groups -OCH3 is 1. The van der Waals surface area contributed by atoms with Crippen LogP contribution in [0.25, 0.3) is 0 Å². The summed E-state index contributed by atoms with van der Waals surface area (Å²) < 4.78 is 111. The lowest BCUT2D eigenvalue weighted by molar-refractivity contribution is -0.384. The number of hydrogen-bond acceptors (Lipinski definition) is 13. The highest BCUT2D eigenvalue weighted by Gasteiger charge is 2.63. The van der Waals surface area contributed by atoms with E-state index >= 15 is 13.2 Å². The summed E-state index contributed by atoms with van der Waals surface area (Å²) >= 11 is 0. The number of alkyl halides is 3. The van der Waals surface area contributed by atoms with Gasteiger partial charge >= 0.3 is 24.1 Å². The smallest absolute Gasteiger partial charge is 0.400 e. The number of benzene rings is 6. The number of esters is 3. The molecule has 0 spiro atoms. The van der Waals surface area contributed by atoms with Gasteiger partial charge < -0.3 is 47.4 Å². The van der Waals surface area contributed by atoms with Gasteiger partial charge in [-0.25, -0.2) is 14.4 Å². The molecule has 13 nitrogen and oxygen atoms in total. The average Bonchev–Trinajstić information content (AvgIpc) is 3.41.